The van der Waals surface area contributed by atoms with E-state index in [9.17, 15) is 0 Å². The van der Waals surface area contributed by atoms with Gasteiger partial charge < -0.3 is 10.5 Å². The van der Waals surface area contributed by atoms with Gasteiger partial charge in [0.1, 0.15) is 5.75 Å². The van der Waals surface area contributed by atoms with Crippen molar-refractivity contribution < 1.29 is 4.74 Å². The van der Waals surface area contributed by atoms with Gasteiger partial charge in [0.2, 0.25) is 0 Å². The Hall–Kier alpha value is -1.09. The van der Waals surface area contributed by atoms with Crippen LogP contribution < -0.4 is 10.5 Å². The molecule has 0 radical (unpaired) electrons. The molecular formula is C17H24N2O. The summed E-state index contributed by atoms with van der Waals surface area (Å²) in [6.07, 6.45) is 10.9. The van der Waals surface area contributed by atoms with Crippen LogP contribution in [0, 0.1) is 29.6 Å². The summed E-state index contributed by atoms with van der Waals surface area (Å²) >= 11 is 0. The zero-order chi connectivity index (χ0) is 13.7. The predicted octanol–water partition coefficient (Wildman–Crippen LogP) is 3.16. The zero-order valence-corrected chi connectivity index (χ0v) is 12.2. The van der Waals surface area contributed by atoms with E-state index in [0.29, 0.717) is 5.92 Å². The van der Waals surface area contributed by atoms with Gasteiger partial charge in [-0.2, -0.15) is 0 Å². The van der Waals surface area contributed by atoms with Crippen LogP contribution in [0.25, 0.3) is 0 Å². The van der Waals surface area contributed by atoms with Crippen molar-refractivity contribution in [3.05, 3.63) is 24.0 Å². The van der Waals surface area contributed by atoms with E-state index >= 15 is 0 Å². The quantitative estimate of drug-likeness (QED) is 0.919. The third kappa shape index (κ3) is 1.95. The lowest BCUT2D eigenvalue weighted by molar-refractivity contribution is -0.0472. The summed E-state index contributed by atoms with van der Waals surface area (Å²) < 4.78 is 5.29. The van der Waals surface area contributed by atoms with Crippen LogP contribution in [0.2, 0.25) is 0 Å². The molecule has 0 aromatic carbocycles. The van der Waals surface area contributed by atoms with E-state index < -0.39 is 0 Å². The van der Waals surface area contributed by atoms with Crippen LogP contribution in [0.4, 0.5) is 0 Å². The van der Waals surface area contributed by atoms with Crippen LogP contribution in [0.15, 0.2) is 18.5 Å². The van der Waals surface area contributed by atoms with Crippen LogP contribution in [-0.2, 0) is 0 Å². The summed E-state index contributed by atoms with van der Waals surface area (Å²) in [5, 5.41) is 0. The Morgan fingerprint density at radius 3 is 2.35 bits per heavy atom. The first-order valence-corrected chi connectivity index (χ1v) is 7.99. The van der Waals surface area contributed by atoms with E-state index in [1.54, 1.807) is 13.3 Å². The minimum Gasteiger partial charge on any atom is -0.495 e. The van der Waals surface area contributed by atoms with Crippen molar-refractivity contribution in [3.8, 4) is 5.75 Å². The number of hydrogen-bond donors (Lipinski definition) is 1. The van der Waals surface area contributed by atoms with Gasteiger partial charge in [-0.05, 0) is 73.3 Å². The fourth-order valence-corrected chi connectivity index (χ4v) is 5.51. The maximum Gasteiger partial charge on any atom is 0.137 e. The molecule has 0 aliphatic heterocycles. The summed E-state index contributed by atoms with van der Waals surface area (Å²) in [5.41, 5.74) is 7.80. The van der Waals surface area contributed by atoms with E-state index in [1.165, 1.54) is 32.1 Å². The number of methoxy groups -OCH3 is 1. The van der Waals surface area contributed by atoms with Crippen LogP contribution in [0.3, 0.4) is 0 Å². The molecule has 1 aromatic heterocycles. The number of rotatable bonds is 3. The fraction of sp³-hybridized carbons (Fsp3) is 0.706. The summed E-state index contributed by atoms with van der Waals surface area (Å²) in [6.45, 7) is 0. The summed E-state index contributed by atoms with van der Waals surface area (Å²) in [6, 6.07) is 2.20. The molecule has 0 saturated heterocycles. The average molecular weight is 272 g/mol. The molecule has 4 saturated carbocycles. The molecule has 3 heteroatoms. The van der Waals surface area contributed by atoms with Gasteiger partial charge in [-0.25, -0.2) is 0 Å². The number of hydrogen-bond acceptors (Lipinski definition) is 3. The molecule has 4 aliphatic rings. The summed E-state index contributed by atoms with van der Waals surface area (Å²) in [5.74, 6) is 5.20. The van der Waals surface area contributed by atoms with Crippen LogP contribution >= 0.6 is 0 Å². The Balaban J connectivity index is 1.60. The molecule has 1 heterocycles. The summed E-state index contributed by atoms with van der Waals surface area (Å²) in [4.78, 5) is 4.28. The first-order chi connectivity index (χ1) is 9.74. The Labute approximate surface area is 120 Å². The van der Waals surface area contributed by atoms with Gasteiger partial charge in [0, 0.05) is 12.2 Å². The monoisotopic (exact) mass is 272 g/mol. The number of nitrogens with zero attached hydrogens (tertiary/aromatic N) is 1. The van der Waals surface area contributed by atoms with Gasteiger partial charge in [0.25, 0.3) is 0 Å². The standard InChI is InChI=1S/C17H24N2O/c1-20-15-7-14(8-19-9-15)17(18)16-12-3-10-2-11(5-12)6-13(16)4-10/h7-13,16-17H,2-6,18H2,1H3. The van der Waals surface area contributed by atoms with Gasteiger partial charge >= 0.3 is 0 Å². The van der Waals surface area contributed by atoms with Crippen molar-refractivity contribution in [2.24, 2.45) is 35.3 Å². The lowest BCUT2D eigenvalue weighted by atomic mass is 9.50. The first kappa shape index (κ1) is 12.6. The molecule has 20 heavy (non-hydrogen) atoms. The largest absolute Gasteiger partial charge is 0.495 e. The molecule has 4 fully saturated rings. The van der Waals surface area contributed by atoms with Crippen molar-refractivity contribution in [1.82, 2.24) is 4.98 Å². The van der Waals surface area contributed by atoms with E-state index in [-0.39, 0.29) is 6.04 Å². The van der Waals surface area contributed by atoms with Gasteiger partial charge in [0.15, 0.2) is 0 Å². The third-order valence-corrected chi connectivity index (χ3v) is 6.07. The molecule has 4 bridgehead atoms. The molecule has 0 spiro atoms. The number of ether oxygens (including phenoxy) is 1. The molecule has 2 N–H and O–H groups in total. The second kappa shape index (κ2) is 4.73. The highest BCUT2D eigenvalue weighted by molar-refractivity contribution is 5.27. The Kier molecular flexibility index (Phi) is 2.99. The van der Waals surface area contributed by atoms with Crippen molar-refractivity contribution >= 4 is 0 Å². The molecule has 0 amide bonds. The number of pyridine rings is 1. The Bertz CT molecular complexity index is 474. The van der Waals surface area contributed by atoms with Crippen LogP contribution in [0.1, 0.15) is 43.7 Å². The molecule has 1 unspecified atom stereocenters. The number of aromatic nitrogens is 1. The van der Waals surface area contributed by atoms with Gasteiger partial charge in [0.05, 0.1) is 13.3 Å². The second-order valence-corrected chi connectivity index (χ2v) is 7.19. The van der Waals surface area contributed by atoms with E-state index in [0.717, 1.165) is 35.0 Å². The van der Waals surface area contributed by atoms with E-state index in [2.05, 4.69) is 11.1 Å². The average Bonchev–Trinajstić information content (AvgIpc) is 2.46. The highest BCUT2D eigenvalue weighted by Gasteiger charge is 2.50. The zero-order valence-electron chi connectivity index (χ0n) is 12.2. The lowest BCUT2D eigenvalue weighted by Gasteiger charge is -2.56. The smallest absolute Gasteiger partial charge is 0.137 e. The third-order valence-electron chi connectivity index (χ3n) is 6.07. The molecule has 1 atom stereocenters. The van der Waals surface area contributed by atoms with Crippen LogP contribution in [0.5, 0.6) is 5.75 Å². The maximum atomic E-state index is 6.65. The maximum absolute atomic E-state index is 6.65. The second-order valence-electron chi connectivity index (χ2n) is 7.19. The van der Waals surface area contributed by atoms with Crippen molar-refractivity contribution in [3.63, 3.8) is 0 Å². The molecule has 4 aliphatic carbocycles. The molecule has 3 nitrogen and oxygen atoms in total. The van der Waals surface area contributed by atoms with E-state index in [4.69, 9.17) is 10.5 Å². The Morgan fingerprint density at radius 2 is 1.75 bits per heavy atom. The molecule has 5 rings (SSSR count). The SMILES string of the molecule is COc1cncc(C(N)C2C3CC4CC(C3)CC2C4)c1. The fourth-order valence-electron chi connectivity index (χ4n) is 5.51. The first-order valence-electron chi connectivity index (χ1n) is 7.99. The number of nitrogens with two attached hydrogens (primary N) is 1. The van der Waals surface area contributed by atoms with Crippen molar-refractivity contribution in [2.75, 3.05) is 7.11 Å². The molecule has 108 valence electrons. The predicted molar refractivity (Wildman–Crippen MR) is 78.3 cm³/mol. The van der Waals surface area contributed by atoms with E-state index in [1.807, 2.05) is 6.20 Å². The molecule has 1 aromatic rings. The van der Waals surface area contributed by atoms with Gasteiger partial charge in [-0.3, -0.25) is 4.98 Å². The van der Waals surface area contributed by atoms with Crippen molar-refractivity contribution in [1.29, 1.82) is 0 Å². The Morgan fingerprint density at radius 1 is 1.10 bits per heavy atom. The van der Waals surface area contributed by atoms with Crippen LogP contribution in [-0.4, -0.2) is 12.1 Å². The highest BCUT2D eigenvalue weighted by atomic mass is 16.5. The minimum atomic E-state index is 0.132. The highest BCUT2D eigenvalue weighted by Crippen LogP contribution is 2.58. The topological polar surface area (TPSA) is 48.1 Å². The lowest BCUT2D eigenvalue weighted by Crippen LogP contribution is -2.48. The van der Waals surface area contributed by atoms with Gasteiger partial charge in [-0.15, -0.1) is 0 Å². The van der Waals surface area contributed by atoms with Crippen molar-refractivity contribution in [2.45, 2.75) is 38.1 Å². The minimum absolute atomic E-state index is 0.132. The normalized spacial score (nSPS) is 39.8. The molecular weight excluding hydrogens is 248 g/mol. The summed E-state index contributed by atoms with van der Waals surface area (Å²) in [7, 11) is 1.69. The van der Waals surface area contributed by atoms with Gasteiger partial charge in [-0.1, -0.05) is 0 Å².